The Morgan fingerprint density at radius 2 is 2.12 bits per heavy atom. The highest BCUT2D eigenvalue weighted by Gasteiger charge is 2.34. The highest BCUT2D eigenvalue weighted by Crippen LogP contribution is 2.26. The number of nitrogens with one attached hydrogen (secondary N) is 1. The van der Waals surface area contributed by atoms with Crippen LogP contribution in [-0.4, -0.2) is 52.0 Å². The quantitative estimate of drug-likeness (QED) is 0.780. The molecule has 1 aliphatic carbocycles. The molecule has 138 valence electrons. The van der Waals surface area contributed by atoms with Gasteiger partial charge in [0.2, 0.25) is 0 Å². The van der Waals surface area contributed by atoms with Gasteiger partial charge in [0.25, 0.3) is 5.91 Å². The van der Waals surface area contributed by atoms with E-state index in [4.69, 9.17) is 5.11 Å². The number of nitrogens with zero attached hydrogens (tertiary/aromatic N) is 2. The van der Waals surface area contributed by atoms with E-state index in [1.54, 1.807) is 11.3 Å². The van der Waals surface area contributed by atoms with Crippen molar-refractivity contribution >= 4 is 23.2 Å². The molecular weight excluding hydrogens is 350 g/mol. The molecule has 0 aromatic carbocycles. The summed E-state index contributed by atoms with van der Waals surface area (Å²) in [6, 6.07) is 6.02. The number of amides is 1. The molecule has 2 aromatic heterocycles. The van der Waals surface area contributed by atoms with Crippen molar-refractivity contribution in [2.24, 2.45) is 0 Å². The zero-order chi connectivity index (χ0) is 18.7. The average Bonchev–Trinajstić information content (AvgIpc) is 3.10. The monoisotopic (exact) mass is 373 g/mol. The lowest BCUT2D eigenvalue weighted by atomic mass is 9.85. The van der Waals surface area contributed by atoms with Crippen LogP contribution in [0.15, 0.2) is 29.0 Å². The number of pyridine rings is 1. The summed E-state index contributed by atoms with van der Waals surface area (Å²) in [4.78, 5) is 29.9. The largest absolute Gasteiger partial charge is 0.480 e. The number of rotatable bonds is 7. The topological polar surface area (TPSA) is 82.5 Å². The van der Waals surface area contributed by atoms with Crippen LogP contribution in [0.1, 0.15) is 35.8 Å². The first-order valence-corrected chi connectivity index (χ1v) is 9.69. The number of carbonyl (C=O) groups excluding carboxylic acids is 1. The van der Waals surface area contributed by atoms with Gasteiger partial charge in [0.1, 0.15) is 0 Å². The molecule has 1 amide bonds. The molecule has 2 heterocycles. The number of aliphatic carboxylic acids is 1. The van der Waals surface area contributed by atoms with Crippen LogP contribution >= 0.6 is 11.3 Å². The van der Waals surface area contributed by atoms with E-state index in [0.717, 1.165) is 24.1 Å². The Balaban J connectivity index is 1.57. The number of hydrogen-bond donors (Lipinski definition) is 2. The number of carboxylic acid groups (broad SMARTS) is 1. The molecule has 0 saturated heterocycles. The van der Waals surface area contributed by atoms with Crippen molar-refractivity contribution in [3.63, 3.8) is 0 Å². The van der Waals surface area contributed by atoms with E-state index < -0.39 is 5.97 Å². The summed E-state index contributed by atoms with van der Waals surface area (Å²) < 4.78 is 0. The average molecular weight is 373 g/mol. The van der Waals surface area contributed by atoms with Gasteiger partial charge in [-0.25, -0.2) is 0 Å². The molecule has 2 aromatic rings. The number of carbonyl (C=O) groups is 2. The summed E-state index contributed by atoms with van der Waals surface area (Å²) in [7, 11) is 0. The highest BCUT2D eigenvalue weighted by atomic mass is 32.1. The third-order valence-corrected chi connectivity index (χ3v) is 5.54. The van der Waals surface area contributed by atoms with Gasteiger partial charge in [0.05, 0.1) is 23.5 Å². The number of likely N-dealkylation sites (N-methyl/N-ethyl adjacent to an activating group) is 1. The van der Waals surface area contributed by atoms with Crippen LogP contribution in [0.2, 0.25) is 0 Å². The lowest BCUT2D eigenvalue weighted by Gasteiger charge is -2.42. The molecule has 3 rings (SSSR count). The van der Waals surface area contributed by atoms with Crippen molar-refractivity contribution in [1.29, 1.82) is 0 Å². The minimum atomic E-state index is -0.813. The lowest BCUT2D eigenvalue weighted by Crippen LogP contribution is -2.54. The molecule has 7 heteroatoms. The summed E-state index contributed by atoms with van der Waals surface area (Å²) in [5.41, 5.74) is 3.23. The fourth-order valence-corrected chi connectivity index (χ4v) is 3.96. The number of hydrogen-bond acceptors (Lipinski definition) is 5. The maximum atomic E-state index is 12.5. The fourth-order valence-electron chi connectivity index (χ4n) is 3.31. The summed E-state index contributed by atoms with van der Waals surface area (Å²) >= 11 is 1.62. The standard InChI is InChI=1S/C19H23N3O3S/c1-3-22(10-18(23)24)15-8-14(9-15)21-19(25)16-4-5-17(20-12(16)2)13-6-7-26-11-13/h4-7,11,14-15H,3,8-10H2,1-2H3,(H,21,25)(H,23,24). The normalized spacial score (nSPS) is 19.2. The van der Waals surface area contributed by atoms with Crippen molar-refractivity contribution in [3.05, 3.63) is 40.2 Å². The number of aromatic nitrogens is 1. The van der Waals surface area contributed by atoms with Gasteiger partial charge >= 0.3 is 5.97 Å². The Morgan fingerprint density at radius 3 is 2.69 bits per heavy atom. The maximum absolute atomic E-state index is 12.5. The number of carboxylic acids is 1. The van der Waals surface area contributed by atoms with Crippen LogP contribution in [0, 0.1) is 6.92 Å². The maximum Gasteiger partial charge on any atom is 0.317 e. The molecular formula is C19H23N3O3S. The van der Waals surface area contributed by atoms with Crippen molar-refractivity contribution < 1.29 is 14.7 Å². The second-order valence-corrected chi connectivity index (χ2v) is 7.37. The molecule has 0 aliphatic heterocycles. The van der Waals surface area contributed by atoms with Crippen LogP contribution in [0.3, 0.4) is 0 Å². The van der Waals surface area contributed by atoms with E-state index in [9.17, 15) is 9.59 Å². The summed E-state index contributed by atoms with van der Waals surface area (Å²) in [5.74, 6) is -0.927. The Hall–Kier alpha value is -2.25. The van der Waals surface area contributed by atoms with Crippen LogP contribution < -0.4 is 5.32 Å². The molecule has 0 radical (unpaired) electrons. The van der Waals surface area contributed by atoms with Crippen molar-refractivity contribution in [3.8, 4) is 11.3 Å². The number of thiophene rings is 1. The molecule has 0 atom stereocenters. The first-order chi connectivity index (χ1) is 12.5. The molecule has 0 unspecified atom stereocenters. The Kier molecular flexibility index (Phi) is 5.68. The van der Waals surface area contributed by atoms with Gasteiger partial charge < -0.3 is 10.4 Å². The Morgan fingerprint density at radius 1 is 1.35 bits per heavy atom. The van der Waals surface area contributed by atoms with Crippen LogP contribution in [-0.2, 0) is 4.79 Å². The van der Waals surface area contributed by atoms with Gasteiger partial charge in [-0.15, -0.1) is 0 Å². The van der Waals surface area contributed by atoms with E-state index in [2.05, 4.69) is 10.3 Å². The first kappa shape index (κ1) is 18.5. The fraction of sp³-hybridized carbons (Fsp3) is 0.421. The minimum Gasteiger partial charge on any atom is -0.480 e. The third kappa shape index (κ3) is 4.11. The number of aryl methyl sites for hydroxylation is 1. The Labute approximate surface area is 156 Å². The third-order valence-electron chi connectivity index (χ3n) is 4.86. The second kappa shape index (κ2) is 7.97. The molecule has 1 aliphatic rings. The summed E-state index contributed by atoms with van der Waals surface area (Å²) in [6.45, 7) is 4.55. The minimum absolute atomic E-state index is 0.0505. The van der Waals surface area contributed by atoms with Gasteiger partial charge in [-0.3, -0.25) is 19.5 Å². The zero-order valence-corrected chi connectivity index (χ0v) is 15.8. The lowest BCUT2D eigenvalue weighted by molar-refractivity contribution is -0.139. The van der Waals surface area contributed by atoms with E-state index >= 15 is 0 Å². The summed E-state index contributed by atoms with van der Waals surface area (Å²) in [5, 5.41) is 16.0. The SMILES string of the molecule is CCN(CC(=O)O)C1CC(NC(=O)c2ccc(-c3ccsc3)nc2C)C1. The molecule has 1 fully saturated rings. The van der Waals surface area contributed by atoms with Crippen LogP contribution in [0.4, 0.5) is 0 Å². The summed E-state index contributed by atoms with van der Waals surface area (Å²) in [6.07, 6.45) is 1.57. The van der Waals surface area contributed by atoms with Gasteiger partial charge in [0.15, 0.2) is 0 Å². The predicted octanol–water partition coefficient (Wildman–Crippen LogP) is 2.79. The van der Waals surface area contributed by atoms with Crippen molar-refractivity contribution in [2.75, 3.05) is 13.1 Å². The van der Waals surface area contributed by atoms with Gasteiger partial charge in [-0.2, -0.15) is 11.3 Å². The van der Waals surface area contributed by atoms with Gasteiger partial charge in [-0.1, -0.05) is 6.92 Å². The first-order valence-electron chi connectivity index (χ1n) is 8.74. The molecule has 1 saturated carbocycles. The second-order valence-electron chi connectivity index (χ2n) is 6.59. The van der Waals surface area contributed by atoms with Crippen molar-refractivity contribution in [1.82, 2.24) is 15.2 Å². The molecule has 26 heavy (non-hydrogen) atoms. The zero-order valence-electron chi connectivity index (χ0n) is 14.9. The highest BCUT2D eigenvalue weighted by molar-refractivity contribution is 7.08. The van der Waals surface area contributed by atoms with E-state index in [1.165, 1.54) is 0 Å². The molecule has 0 bridgehead atoms. The van der Waals surface area contributed by atoms with Crippen LogP contribution in [0.5, 0.6) is 0 Å². The predicted molar refractivity (Wildman–Crippen MR) is 101 cm³/mol. The van der Waals surface area contributed by atoms with Gasteiger partial charge in [0, 0.05) is 23.0 Å². The molecule has 2 N–H and O–H groups in total. The van der Waals surface area contributed by atoms with E-state index in [0.29, 0.717) is 17.8 Å². The van der Waals surface area contributed by atoms with E-state index in [1.807, 2.05) is 47.7 Å². The Bertz CT molecular complexity index is 785. The van der Waals surface area contributed by atoms with Crippen molar-refractivity contribution in [2.45, 2.75) is 38.8 Å². The molecule has 0 spiro atoms. The van der Waals surface area contributed by atoms with Crippen LogP contribution in [0.25, 0.3) is 11.3 Å². The smallest absolute Gasteiger partial charge is 0.317 e. The van der Waals surface area contributed by atoms with Gasteiger partial charge in [-0.05, 0) is 49.9 Å². The molecule has 6 nitrogen and oxygen atoms in total. The van der Waals surface area contributed by atoms with E-state index in [-0.39, 0.29) is 24.5 Å².